The van der Waals surface area contributed by atoms with Gasteiger partial charge in [-0.15, -0.1) is 0 Å². The summed E-state index contributed by atoms with van der Waals surface area (Å²) in [5.41, 5.74) is 3.04. The summed E-state index contributed by atoms with van der Waals surface area (Å²) in [5, 5.41) is 4.05. The van der Waals surface area contributed by atoms with Crippen LogP contribution in [-0.2, 0) is 4.74 Å². The molecule has 1 saturated carbocycles. The third kappa shape index (κ3) is 5.12. The van der Waals surface area contributed by atoms with Gasteiger partial charge in [-0.1, -0.05) is 18.2 Å². The Bertz CT molecular complexity index is 1460. The number of pyridine rings is 1. The van der Waals surface area contributed by atoms with E-state index in [4.69, 9.17) is 26.1 Å². The van der Waals surface area contributed by atoms with Crippen LogP contribution in [0.1, 0.15) is 59.6 Å². The molecular weight excluding hydrogens is 510 g/mol. The van der Waals surface area contributed by atoms with Crippen LogP contribution < -0.4 is 15.0 Å². The molecule has 0 bridgehead atoms. The normalized spacial score (nSPS) is 19.2. The number of furan rings is 1. The first kappa shape index (κ1) is 25.1. The summed E-state index contributed by atoms with van der Waals surface area (Å²) in [6, 6.07) is 24.5. The van der Waals surface area contributed by atoms with Crippen molar-refractivity contribution in [3.05, 3.63) is 102 Å². The van der Waals surface area contributed by atoms with E-state index in [1.54, 1.807) is 18.3 Å². The number of hydrogen-bond donors (Lipinski definition) is 1. The van der Waals surface area contributed by atoms with Crippen LogP contribution in [0.5, 0.6) is 5.75 Å². The molecule has 39 heavy (non-hydrogen) atoms. The van der Waals surface area contributed by atoms with Crippen molar-refractivity contribution in [3.63, 3.8) is 0 Å². The van der Waals surface area contributed by atoms with Gasteiger partial charge in [-0.25, -0.2) is 4.79 Å². The Morgan fingerprint density at radius 3 is 2.59 bits per heavy atom. The number of rotatable bonds is 7. The summed E-state index contributed by atoms with van der Waals surface area (Å²) < 4.78 is 17.5. The zero-order valence-electron chi connectivity index (χ0n) is 21.6. The fourth-order valence-electron chi connectivity index (χ4n) is 5.39. The average molecular weight is 540 g/mol. The van der Waals surface area contributed by atoms with E-state index < -0.39 is 5.97 Å². The molecule has 1 aliphatic carbocycles. The van der Waals surface area contributed by atoms with E-state index in [1.165, 1.54) is 20.0 Å². The number of ether oxygens (including phenoxy) is 2. The molecule has 0 unspecified atom stereocenters. The first-order chi connectivity index (χ1) is 19.1. The molecule has 2 aromatic heterocycles. The number of hydrogen-bond acceptors (Lipinski definition) is 6. The molecule has 3 heterocycles. The Morgan fingerprint density at radius 1 is 1.03 bits per heavy atom. The van der Waals surface area contributed by atoms with E-state index in [9.17, 15) is 4.79 Å². The minimum absolute atomic E-state index is 0.228. The first-order valence-electron chi connectivity index (χ1n) is 13.2. The van der Waals surface area contributed by atoms with E-state index in [0.29, 0.717) is 22.5 Å². The molecule has 1 N–H and O–H groups in total. The maximum absolute atomic E-state index is 12.1. The van der Waals surface area contributed by atoms with Crippen LogP contribution in [0.2, 0.25) is 0 Å². The van der Waals surface area contributed by atoms with Crippen molar-refractivity contribution in [2.75, 3.05) is 12.0 Å². The van der Waals surface area contributed by atoms with Crippen molar-refractivity contribution in [2.45, 2.75) is 43.9 Å². The fourth-order valence-corrected chi connectivity index (χ4v) is 5.74. The molecule has 7 nitrogen and oxygen atoms in total. The third-order valence-electron chi connectivity index (χ3n) is 7.30. The smallest absolute Gasteiger partial charge is 0.337 e. The molecular formula is C31H29N3O4S. The van der Waals surface area contributed by atoms with E-state index in [1.807, 2.05) is 66.7 Å². The predicted molar refractivity (Wildman–Crippen MR) is 153 cm³/mol. The van der Waals surface area contributed by atoms with Crippen molar-refractivity contribution >= 4 is 29.0 Å². The van der Waals surface area contributed by atoms with Crippen LogP contribution in [0.4, 0.5) is 5.69 Å². The number of benzene rings is 2. The highest BCUT2D eigenvalue weighted by Crippen LogP contribution is 2.43. The van der Waals surface area contributed by atoms with Crippen molar-refractivity contribution in [1.82, 2.24) is 10.3 Å². The van der Waals surface area contributed by atoms with Gasteiger partial charge in [0.1, 0.15) is 23.3 Å². The minimum Gasteiger partial charge on any atom is -0.490 e. The highest BCUT2D eigenvalue weighted by molar-refractivity contribution is 7.80. The standard InChI is InChI=1S/C31H29N3O4S/c1-36-30(35)21-8-6-7-20(19-21)26-16-17-27(38-26)29-28(25-11-4-5-18-32-25)33-31(39)34(29)22-12-14-24(15-13-22)37-23-9-2-3-10-23/h4-8,11-19,23,28-29H,2-3,9-10H2,1H3,(H,33,39)/t28-,29+/m1/s1. The lowest BCUT2D eigenvalue weighted by molar-refractivity contribution is 0.0600. The van der Waals surface area contributed by atoms with Crippen LogP contribution >= 0.6 is 12.2 Å². The zero-order chi connectivity index (χ0) is 26.8. The second kappa shape index (κ2) is 10.9. The zero-order valence-corrected chi connectivity index (χ0v) is 22.4. The summed E-state index contributed by atoms with van der Waals surface area (Å²) in [7, 11) is 1.37. The van der Waals surface area contributed by atoms with Crippen LogP contribution in [-0.4, -0.2) is 29.3 Å². The van der Waals surface area contributed by atoms with E-state index in [-0.39, 0.29) is 12.1 Å². The molecule has 0 amide bonds. The van der Waals surface area contributed by atoms with Crippen LogP contribution in [0.3, 0.4) is 0 Å². The number of thiocarbonyl (C=S) groups is 1. The fraction of sp³-hybridized carbons (Fsp3) is 0.258. The first-order valence-corrected chi connectivity index (χ1v) is 13.6. The molecule has 0 spiro atoms. The monoisotopic (exact) mass is 539 g/mol. The molecule has 2 aliphatic rings. The Kier molecular flexibility index (Phi) is 7.02. The van der Waals surface area contributed by atoms with Crippen LogP contribution in [0.15, 0.2) is 89.5 Å². The van der Waals surface area contributed by atoms with Gasteiger partial charge in [0.25, 0.3) is 0 Å². The van der Waals surface area contributed by atoms with Gasteiger partial charge in [0, 0.05) is 17.4 Å². The van der Waals surface area contributed by atoms with Crippen molar-refractivity contribution in [3.8, 4) is 17.1 Å². The second-order valence-electron chi connectivity index (χ2n) is 9.79. The van der Waals surface area contributed by atoms with E-state index in [0.717, 1.165) is 41.3 Å². The van der Waals surface area contributed by atoms with Crippen LogP contribution in [0, 0.1) is 0 Å². The van der Waals surface area contributed by atoms with Crippen molar-refractivity contribution < 1.29 is 18.7 Å². The highest BCUT2D eigenvalue weighted by Gasteiger charge is 2.42. The van der Waals surface area contributed by atoms with Crippen molar-refractivity contribution in [1.29, 1.82) is 0 Å². The summed E-state index contributed by atoms with van der Waals surface area (Å²) in [4.78, 5) is 18.8. The molecule has 2 atom stereocenters. The number of nitrogens with zero attached hydrogens (tertiary/aromatic N) is 2. The largest absolute Gasteiger partial charge is 0.490 e. The Labute approximate surface area is 232 Å². The van der Waals surface area contributed by atoms with Gasteiger partial charge in [0.2, 0.25) is 0 Å². The van der Waals surface area contributed by atoms with Crippen LogP contribution in [0.25, 0.3) is 11.3 Å². The minimum atomic E-state index is -0.393. The summed E-state index contributed by atoms with van der Waals surface area (Å²) >= 11 is 5.85. The topological polar surface area (TPSA) is 76.8 Å². The number of methoxy groups -OCH3 is 1. The summed E-state index contributed by atoms with van der Waals surface area (Å²) in [5.74, 6) is 1.85. The second-order valence-corrected chi connectivity index (χ2v) is 10.2. The molecule has 1 saturated heterocycles. The number of anilines is 1. The maximum Gasteiger partial charge on any atom is 0.337 e. The summed E-state index contributed by atoms with van der Waals surface area (Å²) in [6.07, 6.45) is 6.75. The maximum atomic E-state index is 12.1. The lowest BCUT2D eigenvalue weighted by atomic mass is 10.0. The average Bonchev–Trinajstić information content (AvgIpc) is 3.74. The molecule has 0 radical (unpaired) electrons. The quantitative estimate of drug-likeness (QED) is 0.207. The van der Waals surface area contributed by atoms with Crippen molar-refractivity contribution in [2.24, 2.45) is 0 Å². The lowest BCUT2D eigenvalue weighted by Gasteiger charge is -2.26. The number of nitrogens with one attached hydrogen (secondary N) is 1. The van der Waals surface area contributed by atoms with Gasteiger partial charge >= 0.3 is 5.97 Å². The molecule has 1 aliphatic heterocycles. The van der Waals surface area contributed by atoms with Gasteiger partial charge in [0.15, 0.2) is 5.11 Å². The number of carbonyl (C=O) groups excluding carboxylic acids is 1. The number of esters is 1. The summed E-state index contributed by atoms with van der Waals surface area (Å²) in [6.45, 7) is 0. The molecule has 8 heteroatoms. The predicted octanol–water partition coefficient (Wildman–Crippen LogP) is 6.63. The van der Waals surface area contributed by atoms with Gasteiger partial charge in [-0.05, 0) is 98.6 Å². The number of aromatic nitrogens is 1. The lowest BCUT2D eigenvalue weighted by Crippen LogP contribution is -2.29. The van der Waals surface area contributed by atoms with Gasteiger partial charge in [-0.3, -0.25) is 4.98 Å². The molecule has 4 aromatic rings. The molecule has 6 rings (SSSR count). The Morgan fingerprint density at radius 2 is 1.85 bits per heavy atom. The van der Waals surface area contributed by atoms with Gasteiger partial charge in [-0.2, -0.15) is 0 Å². The van der Waals surface area contributed by atoms with Gasteiger partial charge in [0.05, 0.1) is 30.5 Å². The molecule has 2 aromatic carbocycles. The van der Waals surface area contributed by atoms with Gasteiger partial charge < -0.3 is 24.1 Å². The third-order valence-corrected chi connectivity index (χ3v) is 7.62. The Hall–Kier alpha value is -4.17. The highest BCUT2D eigenvalue weighted by atomic mass is 32.1. The Balaban J connectivity index is 1.34. The van der Waals surface area contributed by atoms with E-state index >= 15 is 0 Å². The SMILES string of the molecule is COC(=O)c1cccc(-c2ccc([C@H]3[C@@H](c4ccccn4)NC(=S)N3c3ccc(OC4CCCC4)cc3)o2)c1. The molecule has 198 valence electrons. The molecule has 2 fully saturated rings. The number of carbonyl (C=O) groups is 1. The van der Waals surface area contributed by atoms with E-state index in [2.05, 4.69) is 15.2 Å².